The van der Waals surface area contributed by atoms with Crippen LogP contribution in [-0.2, 0) is 4.74 Å². The van der Waals surface area contributed by atoms with E-state index in [0.717, 1.165) is 4.90 Å². The summed E-state index contributed by atoms with van der Waals surface area (Å²) in [7, 11) is 0. The van der Waals surface area contributed by atoms with Crippen LogP contribution in [0.3, 0.4) is 0 Å². The lowest BCUT2D eigenvalue weighted by molar-refractivity contribution is -0.00254. The van der Waals surface area contributed by atoms with E-state index in [2.05, 4.69) is 0 Å². The van der Waals surface area contributed by atoms with Gasteiger partial charge < -0.3 is 10.5 Å². The van der Waals surface area contributed by atoms with Crippen LogP contribution in [0.2, 0.25) is 0 Å². The molecule has 6 heteroatoms. The van der Waals surface area contributed by atoms with E-state index in [0.29, 0.717) is 0 Å². The second-order valence-electron chi connectivity index (χ2n) is 5.59. The van der Waals surface area contributed by atoms with Crippen molar-refractivity contribution in [3.8, 4) is 0 Å². The summed E-state index contributed by atoms with van der Waals surface area (Å²) < 4.78 is 31.7. The van der Waals surface area contributed by atoms with E-state index in [1.807, 2.05) is 0 Å². The van der Waals surface area contributed by atoms with Gasteiger partial charge in [-0.05, 0) is 27.7 Å². The first-order chi connectivity index (χ1) is 7.52. The Labute approximate surface area is 100 Å². The van der Waals surface area contributed by atoms with Gasteiger partial charge in [-0.1, -0.05) is 0 Å². The van der Waals surface area contributed by atoms with Crippen LogP contribution in [0, 0.1) is 0 Å². The van der Waals surface area contributed by atoms with Crippen molar-refractivity contribution < 1.29 is 18.3 Å². The van der Waals surface area contributed by atoms with Crippen molar-refractivity contribution in [2.75, 3.05) is 6.54 Å². The first-order valence-corrected chi connectivity index (χ1v) is 5.65. The van der Waals surface area contributed by atoms with Gasteiger partial charge in [-0.25, -0.2) is 13.6 Å². The smallest absolute Gasteiger partial charge is 0.410 e. The van der Waals surface area contributed by atoms with Gasteiger partial charge in [0.1, 0.15) is 5.60 Å². The number of ether oxygens (including phenoxy) is 1. The quantitative estimate of drug-likeness (QED) is 0.774. The number of carbonyl (C=O) groups excluding carboxylic acids is 1. The molecular weight excluding hydrogens is 230 g/mol. The van der Waals surface area contributed by atoms with Crippen molar-refractivity contribution >= 4 is 6.09 Å². The summed E-state index contributed by atoms with van der Waals surface area (Å²) in [4.78, 5) is 12.8. The molecule has 0 spiro atoms. The van der Waals surface area contributed by atoms with Crippen molar-refractivity contribution in [1.29, 1.82) is 0 Å². The SMILES string of the molecule is C[C@H](N)[C@@H]1CC(F)(F)CN1C(=O)OC(C)(C)C. The molecule has 2 atom stereocenters. The summed E-state index contributed by atoms with van der Waals surface area (Å²) >= 11 is 0. The number of likely N-dealkylation sites (tertiary alicyclic amines) is 1. The molecule has 0 saturated carbocycles. The summed E-state index contributed by atoms with van der Waals surface area (Å²) in [6.45, 7) is 6.08. The van der Waals surface area contributed by atoms with E-state index < -0.39 is 42.7 Å². The molecule has 0 aromatic heterocycles. The number of amides is 1. The van der Waals surface area contributed by atoms with Gasteiger partial charge in [0, 0.05) is 12.5 Å². The molecule has 0 radical (unpaired) electrons. The molecule has 0 aliphatic carbocycles. The van der Waals surface area contributed by atoms with Crippen molar-refractivity contribution in [2.24, 2.45) is 5.73 Å². The summed E-state index contributed by atoms with van der Waals surface area (Å²) in [5.74, 6) is -2.88. The molecule has 1 saturated heterocycles. The van der Waals surface area contributed by atoms with Gasteiger partial charge in [-0.2, -0.15) is 0 Å². The number of nitrogens with zero attached hydrogens (tertiary/aromatic N) is 1. The highest BCUT2D eigenvalue weighted by molar-refractivity contribution is 5.69. The monoisotopic (exact) mass is 250 g/mol. The Morgan fingerprint density at radius 1 is 1.53 bits per heavy atom. The zero-order chi connectivity index (χ0) is 13.4. The molecule has 1 rings (SSSR count). The minimum absolute atomic E-state index is 0.399. The molecule has 0 unspecified atom stereocenters. The molecule has 0 bridgehead atoms. The first kappa shape index (κ1) is 14.2. The molecule has 0 aromatic rings. The van der Waals surface area contributed by atoms with Crippen LogP contribution in [0.4, 0.5) is 13.6 Å². The fraction of sp³-hybridized carbons (Fsp3) is 0.909. The minimum atomic E-state index is -2.88. The van der Waals surface area contributed by atoms with Gasteiger partial charge in [-0.3, -0.25) is 4.90 Å². The van der Waals surface area contributed by atoms with E-state index in [9.17, 15) is 13.6 Å². The highest BCUT2D eigenvalue weighted by Gasteiger charge is 2.49. The Morgan fingerprint density at radius 2 is 2.06 bits per heavy atom. The normalized spacial score (nSPS) is 25.8. The molecule has 0 aromatic carbocycles. The molecular formula is C11H20F2N2O2. The number of carbonyl (C=O) groups is 1. The summed E-state index contributed by atoms with van der Waals surface area (Å²) in [6.07, 6.45) is -1.12. The fourth-order valence-electron chi connectivity index (χ4n) is 1.84. The van der Waals surface area contributed by atoms with Crippen LogP contribution < -0.4 is 5.73 Å². The molecule has 1 aliphatic heterocycles. The Bertz CT molecular complexity index is 300. The molecule has 17 heavy (non-hydrogen) atoms. The van der Waals surface area contributed by atoms with Crippen LogP contribution >= 0.6 is 0 Å². The predicted molar refractivity (Wildman–Crippen MR) is 59.9 cm³/mol. The third-order valence-corrected chi connectivity index (χ3v) is 2.54. The Hall–Kier alpha value is -0.910. The second-order valence-corrected chi connectivity index (χ2v) is 5.59. The number of halogens is 2. The standard InChI is InChI=1S/C11H20F2N2O2/c1-7(14)8-5-11(12,13)6-15(8)9(16)17-10(2,3)4/h7-8H,5-6,14H2,1-4H3/t7-,8-/m0/s1. The van der Waals surface area contributed by atoms with E-state index in [4.69, 9.17) is 10.5 Å². The Kier molecular flexibility index (Phi) is 3.66. The van der Waals surface area contributed by atoms with Crippen molar-refractivity contribution in [1.82, 2.24) is 4.90 Å². The molecule has 1 heterocycles. The zero-order valence-corrected chi connectivity index (χ0v) is 10.7. The largest absolute Gasteiger partial charge is 0.444 e. The molecule has 100 valence electrons. The summed E-state index contributed by atoms with van der Waals surface area (Å²) in [5.41, 5.74) is 4.93. The second kappa shape index (κ2) is 4.40. The number of rotatable bonds is 1. The Morgan fingerprint density at radius 3 is 2.47 bits per heavy atom. The highest BCUT2D eigenvalue weighted by atomic mass is 19.3. The summed E-state index contributed by atoms with van der Waals surface area (Å²) in [5, 5.41) is 0. The van der Waals surface area contributed by atoms with Crippen molar-refractivity contribution in [3.63, 3.8) is 0 Å². The number of alkyl halides is 2. The molecule has 1 fully saturated rings. The Balaban J connectivity index is 2.77. The average Bonchev–Trinajstić information content (AvgIpc) is 2.38. The van der Waals surface area contributed by atoms with Crippen molar-refractivity contribution in [2.45, 2.75) is 57.7 Å². The van der Waals surface area contributed by atoms with Gasteiger partial charge in [0.2, 0.25) is 0 Å². The van der Waals surface area contributed by atoms with Gasteiger partial charge in [0.15, 0.2) is 0 Å². The summed E-state index contributed by atoms with van der Waals surface area (Å²) in [6, 6.07) is -1.17. The van der Waals surface area contributed by atoms with E-state index in [1.54, 1.807) is 27.7 Å². The van der Waals surface area contributed by atoms with Crippen LogP contribution in [0.5, 0.6) is 0 Å². The molecule has 4 nitrogen and oxygen atoms in total. The fourth-order valence-corrected chi connectivity index (χ4v) is 1.84. The van der Waals surface area contributed by atoms with Gasteiger partial charge >= 0.3 is 6.09 Å². The van der Waals surface area contributed by atoms with Crippen LogP contribution in [0.25, 0.3) is 0 Å². The molecule has 1 aliphatic rings. The maximum Gasteiger partial charge on any atom is 0.410 e. The maximum atomic E-state index is 13.3. The van der Waals surface area contributed by atoms with E-state index in [-0.39, 0.29) is 0 Å². The van der Waals surface area contributed by atoms with Crippen LogP contribution in [0.1, 0.15) is 34.1 Å². The molecule has 1 amide bonds. The van der Waals surface area contributed by atoms with Gasteiger partial charge in [0.25, 0.3) is 5.92 Å². The highest BCUT2D eigenvalue weighted by Crippen LogP contribution is 2.34. The maximum absolute atomic E-state index is 13.3. The first-order valence-electron chi connectivity index (χ1n) is 5.65. The number of hydrogen-bond acceptors (Lipinski definition) is 3. The van der Waals surface area contributed by atoms with Gasteiger partial charge in [0.05, 0.1) is 12.6 Å². The third-order valence-electron chi connectivity index (χ3n) is 2.54. The third kappa shape index (κ3) is 3.80. The topological polar surface area (TPSA) is 55.6 Å². The van der Waals surface area contributed by atoms with Gasteiger partial charge in [-0.15, -0.1) is 0 Å². The van der Waals surface area contributed by atoms with Crippen molar-refractivity contribution in [3.05, 3.63) is 0 Å². The van der Waals surface area contributed by atoms with Crippen LogP contribution in [-0.4, -0.2) is 41.1 Å². The van der Waals surface area contributed by atoms with E-state index >= 15 is 0 Å². The van der Waals surface area contributed by atoms with E-state index in [1.165, 1.54) is 0 Å². The minimum Gasteiger partial charge on any atom is -0.444 e. The lowest BCUT2D eigenvalue weighted by Gasteiger charge is -2.29. The zero-order valence-electron chi connectivity index (χ0n) is 10.7. The molecule has 2 N–H and O–H groups in total. The number of hydrogen-bond donors (Lipinski definition) is 1. The number of nitrogens with two attached hydrogens (primary N) is 1. The predicted octanol–water partition coefficient (Wildman–Crippen LogP) is 1.98. The lowest BCUT2D eigenvalue weighted by Crippen LogP contribution is -2.47. The lowest BCUT2D eigenvalue weighted by atomic mass is 10.1. The average molecular weight is 250 g/mol. The van der Waals surface area contributed by atoms with Crippen LogP contribution in [0.15, 0.2) is 0 Å².